The van der Waals surface area contributed by atoms with E-state index in [0.717, 1.165) is 6.20 Å². The van der Waals surface area contributed by atoms with Gasteiger partial charge in [0.2, 0.25) is 0 Å². The van der Waals surface area contributed by atoms with E-state index in [-0.39, 0.29) is 28.9 Å². The summed E-state index contributed by atoms with van der Waals surface area (Å²) in [6.07, 6.45) is -3.95. The Hall–Kier alpha value is -1.51. The van der Waals surface area contributed by atoms with Crippen LogP contribution < -0.4 is 9.47 Å². The zero-order valence-corrected chi connectivity index (χ0v) is 12.2. The van der Waals surface area contributed by atoms with Gasteiger partial charge in [-0.3, -0.25) is 0 Å². The van der Waals surface area contributed by atoms with Crippen LogP contribution in [0.25, 0.3) is 0 Å². The average molecular weight is 358 g/mol. The lowest BCUT2D eigenvalue weighted by Gasteiger charge is -2.17. The van der Waals surface area contributed by atoms with Crippen molar-refractivity contribution in [2.75, 3.05) is 13.7 Å². The molecule has 0 bridgehead atoms. The van der Waals surface area contributed by atoms with Gasteiger partial charge in [0.05, 0.1) is 19.9 Å². The number of methoxy groups -OCH3 is 1. The SMILES string of the molecule is CCOC(=O)c1ncc(OC)c(OC(F)(F)F)c1CBr. The fraction of sp³-hybridized carbons (Fsp3) is 0.455. The summed E-state index contributed by atoms with van der Waals surface area (Å²) in [6, 6.07) is 0. The molecule has 0 aliphatic heterocycles. The number of halogens is 4. The molecule has 1 aromatic heterocycles. The van der Waals surface area contributed by atoms with Crippen molar-refractivity contribution in [1.82, 2.24) is 4.98 Å². The number of alkyl halides is 4. The van der Waals surface area contributed by atoms with Gasteiger partial charge in [-0.2, -0.15) is 0 Å². The normalized spacial score (nSPS) is 11.1. The van der Waals surface area contributed by atoms with Crippen LogP contribution in [-0.2, 0) is 10.1 Å². The standard InChI is InChI=1S/C11H11BrF3NO4/c1-3-19-10(17)8-6(4-12)9(20-11(13,14)15)7(18-2)5-16-8/h5H,3-4H2,1-2H3. The van der Waals surface area contributed by atoms with Crippen molar-refractivity contribution in [3.05, 3.63) is 17.5 Å². The molecule has 5 nitrogen and oxygen atoms in total. The van der Waals surface area contributed by atoms with E-state index in [4.69, 9.17) is 9.47 Å². The third-order valence-electron chi connectivity index (χ3n) is 2.13. The Kier molecular flexibility index (Phi) is 5.61. The number of pyridine rings is 1. The molecule has 0 aromatic carbocycles. The maximum atomic E-state index is 12.4. The van der Waals surface area contributed by atoms with Gasteiger partial charge in [-0.25, -0.2) is 9.78 Å². The van der Waals surface area contributed by atoms with Crippen LogP contribution in [0.5, 0.6) is 11.5 Å². The van der Waals surface area contributed by atoms with Crippen molar-refractivity contribution in [3.63, 3.8) is 0 Å². The van der Waals surface area contributed by atoms with Crippen LogP contribution in [-0.4, -0.2) is 31.0 Å². The molecular weight excluding hydrogens is 347 g/mol. The summed E-state index contributed by atoms with van der Waals surface area (Å²) in [7, 11) is 1.17. The Morgan fingerprint density at radius 2 is 2.10 bits per heavy atom. The van der Waals surface area contributed by atoms with Gasteiger partial charge in [-0.1, -0.05) is 15.9 Å². The van der Waals surface area contributed by atoms with Gasteiger partial charge in [0.15, 0.2) is 17.2 Å². The maximum absolute atomic E-state index is 12.4. The molecule has 1 heterocycles. The average Bonchev–Trinajstić information content (AvgIpc) is 2.36. The van der Waals surface area contributed by atoms with Gasteiger partial charge >= 0.3 is 12.3 Å². The summed E-state index contributed by atoms with van der Waals surface area (Å²) < 4.78 is 50.7. The molecule has 9 heteroatoms. The van der Waals surface area contributed by atoms with Gasteiger partial charge in [0, 0.05) is 10.9 Å². The molecule has 0 atom stereocenters. The number of nitrogens with zero attached hydrogens (tertiary/aromatic N) is 1. The molecule has 0 spiro atoms. The van der Waals surface area contributed by atoms with E-state index in [0.29, 0.717) is 0 Å². The fourth-order valence-corrected chi connectivity index (χ4v) is 1.91. The van der Waals surface area contributed by atoms with E-state index in [1.54, 1.807) is 6.92 Å². The fourth-order valence-electron chi connectivity index (χ4n) is 1.39. The number of carbonyl (C=O) groups is 1. The molecule has 0 N–H and O–H groups in total. The summed E-state index contributed by atoms with van der Waals surface area (Å²) >= 11 is 3.00. The van der Waals surface area contributed by atoms with Gasteiger partial charge in [0.25, 0.3) is 0 Å². The van der Waals surface area contributed by atoms with Crippen LogP contribution in [0.3, 0.4) is 0 Å². The third kappa shape index (κ3) is 3.99. The third-order valence-corrected chi connectivity index (χ3v) is 2.70. The first-order valence-corrected chi connectivity index (χ1v) is 6.50. The zero-order chi connectivity index (χ0) is 15.3. The van der Waals surface area contributed by atoms with Crippen LogP contribution in [0.1, 0.15) is 23.0 Å². The van der Waals surface area contributed by atoms with Crippen molar-refractivity contribution < 1.29 is 32.2 Å². The maximum Gasteiger partial charge on any atom is 0.573 e. The first-order chi connectivity index (χ1) is 9.34. The van der Waals surface area contributed by atoms with Gasteiger partial charge in [-0.05, 0) is 6.92 Å². The quantitative estimate of drug-likeness (QED) is 0.598. The minimum absolute atomic E-state index is 0.0731. The van der Waals surface area contributed by atoms with E-state index in [2.05, 4.69) is 25.7 Å². The molecule has 1 rings (SSSR count). The van der Waals surface area contributed by atoms with Crippen molar-refractivity contribution in [3.8, 4) is 11.5 Å². The Morgan fingerprint density at radius 1 is 1.45 bits per heavy atom. The van der Waals surface area contributed by atoms with E-state index in [1.807, 2.05) is 0 Å². The molecule has 0 saturated heterocycles. The number of hydrogen-bond donors (Lipinski definition) is 0. The molecule has 0 radical (unpaired) electrons. The van der Waals surface area contributed by atoms with E-state index < -0.39 is 18.1 Å². The molecule has 0 aliphatic carbocycles. The molecular formula is C11H11BrF3NO4. The topological polar surface area (TPSA) is 57.7 Å². The Labute approximate surface area is 121 Å². The van der Waals surface area contributed by atoms with Crippen LogP contribution in [0, 0.1) is 0 Å². The summed E-state index contributed by atoms with van der Waals surface area (Å²) in [6.45, 7) is 1.64. The van der Waals surface area contributed by atoms with Crippen LogP contribution in [0.2, 0.25) is 0 Å². The molecule has 0 amide bonds. The van der Waals surface area contributed by atoms with Crippen LogP contribution in [0.4, 0.5) is 13.2 Å². The van der Waals surface area contributed by atoms with Crippen molar-refractivity contribution in [2.45, 2.75) is 18.6 Å². The number of ether oxygens (including phenoxy) is 3. The number of carbonyl (C=O) groups excluding carboxylic acids is 1. The van der Waals surface area contributed by atoms with Crippen molar-refractivity contribution in [1.29, 1.82) is 0 Å². The minimum Gasteiger partial charge on any atom is -0.491 e. The molecule has 0 unspecified atom stereocenters. The number of rotatable bonds is 5. The van der Waals surface area contributed by atoms with Crippen molar-refractivity contribution >= 4 is 21.9 Å². The lowest BCUT2D eigenvalue weighted by atomic mass is 10.2. The molecule has 20 heavy (non-hydrogen) atoms. The second kappa shape index (κ2) is 6.78. The first kappa shape index (κ1) is 16.5. The van der Waals surface area contributed by atoms with Gasteiger partial charge in [-0.15, -0.1) is 13.2 Å². The monoisotopic (exact) mass is 357 g/mol. The number of aromatic nitrogens is 1. The second-order valence-corrected chi connectivity index (χ2v) is 3.95. The van der Waals surface area contributed by atoms with Crippen LogP contribution in [0.15, 0.2) is 6.20 Å². The minimum atomic E-state index is -4.92. The predicted molar refractivity (Wildman–Crippen MR) is 66.1 cm³/mol. The van der Waals surface area contributed by atoms with Crippen molar-refractivity contribution in [2.24, 2.45) is 0 Å². The molecule has 0 fully saturated rings. The summed E-state index contributed by atoms with van der Waals surface area (Å²) in [5, 5.41) is -0.0865. The predicted octanol–water partition coefficient (Wildman–Crippen LogP) is 3.06. The Bertz CT molecular complexity index is 493. The molecule has 0 aliphatic rings. The summed E-state index contributed by atoms with van der Waals surface area (Å²) in [5.41, 5.74) is -0.358. The highest BCUT2D eigenvalue weighted by Crippen LogP contribution is 2.37. The first-order valence-electron chi connectivity index (χ1n) is 5.38. The number of hydrogen-bond acceptors (Lipinski definition) is 5. The van der Waals surface area contributed by atoms with E-state index in [1.165, 1.54) is 7.11 Å². The number of esters is 1. The largest absolute Gasteiger partial charge is 0.573 e. The second-order valence-electron chi connectivity index (χ2n) is 3.38. The van der Waals surface area contributed by atoms with E-state index >= 15 is 0 Å². The zero-order valence-electron chi connectivity index (χ0n) is 10.6. The molecule has 1 aromatic rings. The van der Waals surface area contributed by atoms with E-state index in [9.17, 15) is 18.0 Å². The highest BCUT2D eigenvalue weighted by Gasteiger charge is 2.35. The highest BCUT2D eigenvalue weighted by molar-refractivity contribution is 9.08. The lowest BCUT2D eigenvalue weighted by Crippen LogP contribution is -2.20. The molecule has 0 saturated carbocycles. The van der Waals surface area contributed by atoms with Crippen LogP contribution >= 0.6 is 15.9 Å². The highest BCUT2D eigenvalue weighted by atomic mass is 79.9. The smallest absolute Gasteiger partial charge is 0.491 e. The summed E-state index contributed by atoms with van der Waals surface area (Å²) in [4.78, 5) is 15.4. The van der Waals surface area contributed by atoms with Gasteiger partial charge < -0.3 is 14.2 Å². The van der Waals surface area contributed by atoms with Gasteiger partial charge in [0.1, 0.15) is 0 Å². The molecule has 112 valence electrons. The Balaban J connectivity index is 3.36. The lowest BCUT2D eigenvalue weighted by molar-refractivity contribution is -0.275. The summed E-state index contributed by atoms with van der Waals surface area (Å²) in [5.74, 6) is -1.68. The Morgan fingerprint density at radius 3 is 2.55 bits per heavy atom.